The molecule has 27 heavy (non-hydrogen) atoms. The van der Waals surface area contributed by atoms with Crippen LogP contribution in [0.5, 0.6) is 5.75 Å². The quantitative estimate of drug-likeness (QED) is 0.473. The third kappa shape index (κ3) is 4.26. The Morgan fingerprint density at radius 3 is 2.78 bits per heavy atom. The van der Waals surface area contributed by atoms with E-state index in [9.17, 15) is 4.79 Å². The van der Waals surface area contributed by atoms with Crippen molar-refractivity contribution in [3.63, 3.8) is 0 Å². The standard InChI is InChI=1S/C21H21N3O3/c1-15(27-20-11-6-3-8-17(20)14-22)21(25)26-13-7-12-24-16(2)23-18-9-4-5-10-19(18)24/h3-6,8-11,15H,7,12-13H2,1-2H3. The highest BCUT2D eigenvalue weighted by atomic mass is 16.6. The fourth-order valence-electron chi connectivity index (χ4n) is 2.89. The number of imidazole rings is 1. The second-order valence-electron chi connectivity index (χ2n) is 6.19. The second kappa shape index (κ2) is 8.37. The molecule has 0 fully saturated rings. The molecule has 0 amide bonds. The molecule has 1 heterocycles. The average Bonchev–Trinajstić information content (AvgIpc) is 3.00. The van der Waals surface area contributed by atoms with Gasteiger partial charge in [0.05, 0.1) is 23.2 Å². The van der Waals surface area contributed by atoms with Crippen molar-refractivity contribution in [1.82, 2.24) is 9.55 Å². The first kappa shape index (κ1) is 18.5. The normalized spacial score (nSPS) is 11.7. The number of benzene rings is 2. The molecule has 0 aliphatic heterocycles. The van der Waals surface area contributed by atoms with Crippen LogP contribution in [0.3, 0.4) is 0 Å². The Kier molecular flexibility index (Phi) is 5.72. The highest BCUT2D eigenvalue weighted by Gasteiger charge is 2.18. The summed E-state index contributed by atoms with van der Waals surface area (Å²) in [6, 6.07) is 16.8. The van der Waals surface area contributed by atoms with Crippen LogP contribution in [0.4, 0.5) is 0 Å². The van der Waals surface area contributed by atoms with Gasteiger partial charge in [0.2, 0.25) is 0 Å². The molecule has 3 rings (SSSR count). The zero-order valence-corrected chi connectivity index (χ0v) is 15.4. The molecule has 2 aromatic carbocycles. The molecule has 6 heteroatoms. The number of aromatic nitrogens is 2. The van der Waals surface area contributed by atoms with E-state index in [1.54, 1.807) is 31.2 Å². The molecule has 0 saturated carbocycles. The van der Waals surface area contributed by atoms with E-state index in [0.717, 1.165) is 16.9 Å². The Morgan fingerprint density at radius 1 is 1.22 bits per heavy atom. The van der Waals surface area contributed by atoms with E-state index in [0.29, 0.717) is 30.9 Å². The predicted octanol–water partition coefficient (Wildman–Crippen LogP) is 3.62. The number of hydrogen-bond donors (Lipinski definition) is 0. The Balaban J connectivity index is 1.50. The lowest BCUT2D eigenvalue weighted by atomic mass is 10.2. The highest BCUT2D eigenvalue weighted by molar-refractivity contribution is 5.76. The van der Waals surface area contributed by atoms with Crippen LogP contribution in [0, 0.1) is 18.3 Å². The molecule has 0 N–H and O–H groups in total. The minimum atomic E-state index is -0.782. The van der Waals surface area contributed by atoms with Crippen molar-refractivity contribution >= 4 is 17.0 Å². The summed E-state index contributed by atoms with van der Waals surface area (Å²) in [5.74, 6) is 0.868. The molecular weight excluding hydrogens is 342 g/mol. The van der Waals surface area contributed by atoms with E-state index in [-0.39, 0.29) is 0 Å². The molecule has 0 bridgehead atoms. The number of hydrogen-bond acceptors (Lipinski definition) is 5. The number of ether oxygens (including phenoxy) is 2. The number of rotatable bonds is 7. The van der Waals surface area contributed by atoms with Crippen LogP contribution in [0.1, 0.15) is 24.7 Å². The van der Waals surface area contributed by atoms with E-state index in [2.05, 4.69) is 9.55 Å². The summed E-state index contributed by atoms with van der Waals surface area (Å²) in [5, 5.41) is 9.08. The number of aryl methyl sites for hydroxylation is 2. The van der Waals surface area contributed by atoms with Crippen molar-refractivity contribution in [3.05, 3.63) is 59.9 Å². The number of nitriles is 1. The highest BCUT2D eigenvalue weighted by Crippen LogP contribution is 2.19. The van der Waals surface area contributed by atoms with Gasteiger partial charge in [-0.15, -0.1) is 0 Å². The topological polar surface area (TPSA) is 77.1 Å². The molecule has 1 aromatic heterocycles. The van der Waals surface area contributed by atoms with Gasteiger partial charge in [0, 0.05) is 6.54 Å². The van der Waals surface area contributed by atoms with E-state index in [1.165, 1.54) is 0 Å². The second-order valence-corrected chi connectivity index (χ2v) is 6.19. The van der Waals surface area contributed by atoms with Gasteiger partial charge in [-0.2, -0.15) is 5.26 Å². The maximum Gasteiger partial charge on any atom is 0.347 e. The van der Waals surface area contributed by atoms with Crippen LogP contribution < -0.4 is 4.74 Å². The third-order valence-electron chi connectivity index (χ3n) is 4.26. The van der Waals surface area contributed by atoms with Crippen LogP contribution in [-0.4, -0.2) is 28.2 Å². The summed E-state index contributed by atoms with van der Waals surface area (Å²) in [4.78, 5) is 16.7. The number of nitrogens with zero attached hydrogens (tertiary/aromatic N) is 3. The Labute approximate surface area is 158 Å². The minimum Gasteiger partial charge on any atom is -0.478 e. The molecule has 1 atom stereocenters. The Bertz CT molecular complexity index is 988. The van der Waals surface area contributed by atoms with Crippen LogP contribution in [0.15, 0.2) is 48.5 Å². The van der Waals surface area contributed by atoms with E-state index in [1.807, 2.05) is 37.3 Å². The molecule has 0 spiro atoms. The van der Waals surface area contributed by atoms with Gasteiger partial charge in [-0.25, -0.2) is 9.78 Å². The van der Waals surface area contributed by atoms with Crippen molar-refractivity contribution in [2.75, 3.05) is 6.61 Å². The van der Waals surface area contributed by atoms with Gasteiger partial charge in [0.1, 0.15) is 17.6 Å². The van der Waals surface area contributed by atoms with E-state index in [4.69, 9.17) is 14.7 Å². The first-order valence-electron chi connectivity index (χ1n) is 8.84. The Hall–Kier alpha value is -3.33. The molecule has 3 aromatic rings. The van der Waals surface area contributed by atoms with Gasteiger partial charge in [0.15, 0.2) is 6.10 Å². The van der Waals surface area contributed by atoms with Crippen LogP contribution >= 0.6 is 0 Å². The molecule has 1 unspecified atom stereocenters. The smallest absolute Gasteiger partial charge is 0.347 e. The SMILES string of the molecule is Cc1nc2ccccc2n1CCCOC(=O)C(C)Oc1ccccc1C#N. The van der Waals surface area contributed by atoms with Crippen molar-refractivity contribution in [2.24, 2.45) is 0 Å². The number of esters is 1. The van der Waals surface area contributed by atoms with Crippen LogP contribution in [-0.2, 0) is 16.1 Å². The monoisotopic (exact) mass is 363 g/mol. The van der Waals surface area contributed by atoms with Crippen LogP contribution in [0.2, 0.25) is 0 Å². The summed E-state index contributed by atoms with van der Waals surface area (Å²) in [7, 11) is 0. The summed E-state index contributed by atoms with van der Waals surface area (Å²) in [6.07, 6.45) is -0.107. The summed E-state index contributed by atoms with van der Waals surface area (Å²) >= 11 is 0. The number of carbonyl (C=O) groups is 1. The van der Waals surface area contributed by atoms with Gasteiger partial charge in [0.25, 0.3) is 0 Å². The average molecular weight is 363 g/mol. The van der Waals surface area contributed by atoms with Crippen LogP contribution in [0.25, 0.3) is 11.0 Å². The van der Waals surface area contributed by atoms with E-state index >= 15 is 0 Å². The zero-order valence-electron chi connectivity index (χ0n) is 15.4. The third-order valence-corrected chi connectivity index (χ3v) is 4.26. The minimum absolute atomic E-state index is 0.290. The lowest BCUT2D eigenvalue weighted by molar-refractivity contribution is -0.151. The fourth-order valence-corrected chi connectivity index (χ4v) is 2.89. The number of fused-ring (bicyclic) bond motifs is 1. The maximum atomic E-state index is 12.1. The van der Waals surface area contributed by atoms with Crippen molar-refractivity contribution in [1.29, 1.82) is 5.26 Å². The van der Waals surface area contributed by atoms with Crippen molar-refractivity contribution in [3.8, 4) is 11.8 Å². The van der Waals surface area contributed by atoms with Gasteiger partial charge in [-0.05, 0) is 44.5 Å². The van der Waals surface area contributed by atoms with Crippen molar-refractivity contribution < 1.29 is 14.3 Å². The summed E-state index contributed by atoms with van der Waals surface area (Å²) in [6.45, 7) is 4.59. The number of carbonyl (C=O) groups excluding carboxylic acids is 1. The molecule has 0 aliphatic rings. The fraction of sp³-hybridized carbons (Fsp3) is 0.286. The Morgan fingerprint density at radius 2 is 1.96 bits per heavy atom. The van der Waals surface area contributed by atoms with Crippen molar-refractivity contribution in [2.45, 2.75) is 32.9 Å². The molecule has 0 radical (unpaired) electrons. The largest absolute Gasteiger partial charge is 0.478 e. The van der Waals surface area contributed by atoms with Gasteiger partial charge in [-0.3, -0.25) is 0 Å². The summed E-state index contributed by atoms with van der Waals surface area (Å²) < 4.78 is 13.0. The lowest BCUT2D eigenvalue weighted by Crippen LogP contribution is -2.27. The van der Waals surface area contributed by atoms with Gasteiger partial charge < -0.3 is 14.0 Å². The lowest BCUT2D eigenvalue weighted by Gasteiger charge is -2.15. The molecule has 6 nitrogen and oxygen atoms in total. The molecule has 0 aliphatic carbocycles. The molecule has 0 saturated heterocycles. The molecule has 138 valence electrons. The zero-order chi connectivity index (χ0) is 19.2. The summed E-state index contributed by atoms with van der Waals surface area (Å²) in [5.41, 5.74) is 2.43. The maximum absolute atomic E-state index is 12.1. The van der Waals surface area contributed by atoms with E-state index < -0.39 is 12.1 Å². The first-order valence-corrected chi connectivity index (χ1v) is 8.84. The predicted molar refractivity (Wildman–Crippen MR) is 101 cm³/mol. The first-order chi connectivity index (χ1) is 13.1. The van der Waals surface area contributed by atoms with Gasteiger partial charge >= 0.3 is 5.97 Å². The number of para-hydroxylation sites is 3. The van der Waals surface area contributed by atoms with Gasteiger partial charge in [-0.1, -0.05) is 24.3 Å². The molecular formula is C21H21N3O3.